The molecule has 1 aromatic carbocycles. The van der Waals surface area contributed by atoms with Crippen molar-refractivity contribution in [2.24, 2.45) is 0 Å². The zero-order valence-electron chi connectivity index (χ0n) is 22.3. The Kier molecular flexibility index (Phi) is 10.9. The van der Waals surface area contributed by atoms with E-state index >= 15 is 0 Å². The molecule has 0 radical (unpaired) electrons. The Morgan fingerprint density at radius 2 is 1.73 bits per heavy atom. The smallest absolute Gasteiger partial charge is 0.481 e. The minimum atomic E-state index is -1.16. The first-order valence-electron chi connectivity index (χ1n) is 12.9. The lowest BCUT2D eigenvalue weighted by Crippen LogP contribution is -2.55. The number of nitrogens with zero attached hydrogens (tertiary/aromatic N) is 4. The molecule has 1 fully saturated rings. The summed E-state index contributed by atoms with van der Waals surface area (Å²) in [7, 11) is 0. The van der Waals surface area contributed by atoms with E-state index in [4.69, 9.17) is 9.57 Å². The van der Waals surface area contributed by atoms with Gasteiger partial charge in [-0.05, 0) is 13.3 Å². The molecule has 14 heteroatoms. The summed E-state index contributed by atoms with van der Waals surface area (Å²) < 4.78 is 4.75. The molecule has 3 N–H and O–H groups in total. The van der Waals surface area contributed by atoms with Crippen LogP contribution in [0.4, 0.5) is 10.6 Å². The number of amides is 3. The van der Waals surface area contributed by atoms with E-state index in [9.17, 15) is 29.1 Å². The Morgan fingerprint density at radius 1 is 1.02 bits per heavy atom. The normalized spacial score (nSPS) is 14.1. The number of carboxylic acids is 1. The molecule has 1 atom stereocenters. The van der Waals surface area contributed by atoms with Gasteiger partial charge in [-0.25, -0.2) is 14.8 Å². The minimum Gasteiger partial charge on any atom is -0.481 e. The third kappa shape index (κ3) is 8.73. The van der Waals surface area contributed by atoms with E-state index in [1.807, 2.05) is 0 Å². The Hall–Kier alpha value is -4.59. The number of benzene rings is 1. The van der Waals surface area contributed by atoms with Gasteiger partial charge in [0.15, 0.2) is 5.82 Å². The quantitative estimate of drug-likeness (QED) is 0.343. The van der Waals surface area contributed by atoms with Gasteiger partial charge in [0.2, 0.25) is 11.8 Å². The zero-order chi connectivity index (χ0) is 29.1. The SMILES string of the molecule is CCOC(=O)ON1CCN(C(=O)[C@H](CCC(=O)O)NC(=O)c2cc(NC(=O)CC)nc(-c3ccccc3)n2)CC1. The van der Waals surface area contributed by atoms with Gasteiger partial charge >= 0.3 is 12.1 Å². The number of aliphatic carboxylic acids is 1. The van der Waals surface area contributed by atoms with Gasteiger partial charge in [-0.2, -0.15) is 0 Å². The lowest BCUT2D eigenvalue weighted by Gasteiger charge is -2.35. The molecule has 14 nitrogen and oxygen atoms in total. The van der Waals surface area contributed by atoms with Gasteiger partial charge in [-0.1, -0.05) is 37.3 Å². The van der Waals surface area contributed by atoms with Gasteiger partial charge in [0, 0.05) is 37.6 Å². The highest BCUT2D eigenvalue weighted by Gasteiger charge is 2.31. The third-order valence-electron chi connectivity index (χ3n) is 5.85. The number of aromatic nitrogens is 2. The fraction of sp³-hybridized carbons (Fsp3) is 0.423. The van der Waals surface area contributed by atoms with Crippen molar-refractivity contribution in [3.05, 3.63) is 42.1 Å². The summed E-state index contributed by atoms with van der Waals surface area (Å²) in [6.07, 6.45) is -1.17. The highest BCUT2D eigenvalue weighted by Crippen LogP contribution is 2.19. The van der Waals surface area contributed by atoms with Crippen molar-refractivity contribution in [3.8, 4) is 11.4 Å². The number of carboxylic acid groups (broad SMARTS) is 1. The van der Waals surface area contributed by atoms with Crippen molar-refractivity contribution in [3.63, 3.8) is 0 Å². The monoisotopic (exact) mass is 556 g/mol. The molecular weight excluding hydrogens is 524 g/mol. The van der Waals surface area contributed by atoms with Crippen LogP contribution in [0.1, 0.15) is 43.6 Å². The predicted octanol–water partition coefficient (Wildman–Crippen LogP) is 1.69. The van der Waals surface area contributed by atoms with Gasteiger partial charge in [0.1, 0.15) is 17.6 Å². The van der Waals surface area contributed by atoms with Crippen molar-refractivity contribution in [2.75, 3.05) is 38.1 Å². The van der Waals surface area contributed by atoms with E-state index in [0.717, 1.165) is 0 Å². The van der Waals surface area contributed by atoms with Gasteiger partial charge in [0.05, 0.1) is 19.7 Å². The Balaban J connectivity index is 1.78. The summed E-state index contributed by atoms with van der Waals surface area (Å²) >= 11 is 0. The zero-order valence-corrected chi connectivity index (χ0v) is 22.3. The van der Waals surface area contributed by atoms with Crippen molar-refractivity contribution < 1.29 is 38.7 Å². The minimum absolute atomic E-state index is 0.108. The maximum Gasteiger partial charge on any atom is 0.527 e. The molecule has 0 saturated carbocycles. The number of hydroxylamine groups is 2. The molecule has 0 spiro atoms. The fourth-order valence-electron chi connectivity index (χ4n) is 3.80. The van der Waals surface area contributed by atoms with Crippen LogP contribution in [0.2, 0.25) is 0 Å². The molecule has 0 aliphatic carbocycles. The molecule has 214 valence electrons. The first-order chi connectivity index (χ1) is 19.2. The van der Waals surface area contributed by atoms with Crippen molar-refractivity contribution in [2.45, 2.75) is 39.2 Å². The standard InChI is InChI=1S/C26H32N6O8/c1-3-21(33)29-20-16-19(27-23(30-20)17-8-6-5-7-9-17)24(36)28-18(10-11-22(34)35)25(37)31-12-14-32(15-13-31)40-26(38)39-4-2/h5-9,16,18H,3-4,10-15H2,1-2H3,(H,28,36)(H,34,35)(H,27,29,30,33)/t18-/m0/s1. The van der Waals surface area contributed by atoms with Gasteiger partial charge < -0.3 is 30.2 Å². The van der Waals surface area contributed by atoms with Crippen LogP contribution in [-0.2, 0) is 24.0 Å². The van der Waals surface area contributed by atoms with Gasteiger partial charge in [-0.15, -0.1) is 5.06 Å². The number of nitrogens with one attached hydrogen (secondary N) is 2. The van der Waals surface area contributed by atoms with E-state index in [1.54, 1.807) is 44.2 Å². The summed E-state index contributed by atoms with van der Waals surface area (Å²) in [5, 5.41) is 15.8. The molecule has 40 heavy (non-hydrogen) atoms. The number of ether oxygens (including phenoxy) is 1. The average Bonchev–Trinajstić information content (AvgIpc) is 2.95. The van der Waals surface area contributed by atoms with Crippen LogP contribution in [0, 0.1) is 0 Å². The average molecular weight is 557 g/mol. The number of carbonyl (C=O) groups excluding carboxylic acids is 4. The van der Waals surface area contributed by atoms with Crippen molar-refractivity contribution >= 4 is 35.7 Å². The van der Waals surface area contributed by atoms with Crippen LogP contribution < -0.4 is 10.6 Å². The summed E-state index contributed by atoms with van der Waals surface area (Å²) in [5.74, 6) is -2.37. The fourth-order valence-corrected chi connectivity index (χ4v) is 3.80. The molecule has 0 bridgehead atoms. The topological polar surface area (TPSA) is 180 Å². The molecular formula is C26H32N6O8. The second kappa shape index (κ2) is 14.5. The van der Waals surface area contributed by atoms with Crippen LogP contribution in [0.25, 0.3) is 11.4 Å². The van der Waals surface area contributed by atoms with Crippen LogP contribution in [0.5, 0.6) is 0 Å². The lowest BCUT2D eigenvalue weighted by atomic mass is 10.1. The molecule has 2 aromatic rings. The van der Waals surface area contributed by atoms with Crippen molar-refractivity contribution in [1.29, 1.82) is 0 Å². The molecule has 1 aromatic heterocycles. The molecule has 2 heterocycles. The first kappa shape index (κ1) is 30.0. The lowest BCUT2D eigenvalue weighted by molar-refractivity contribution is -0.157. The molecule has 1 aliphatic rings. The summed E-state index contributed by atoms with van der Waals surface area (Å²) in [6.45, 7) is 4.24. The van der Waals surface area contributed by atoms with Gasteiger partial charge in [0.25, 0.3) is 5.91 Å². The number of hydrogen-bond acceptors (Lipinski definition) is 10. The Morgan fingerprint density at radius 3 is 2.35 bits per heavy atom. The highest BCUT2D eigenvalue weighted by molar-refractivity contribution is 5.98. The number of carbonyl (C=O) groups is 5. The summed E-state index contributed by atoms with van der Waals surface area (Å²) in [6, 6.07) is 8.97. The maximum absolute atomic E-state index is 13.3. The second-order valence-electron chi connectivity index (χ2n) is 8.72. The number of piperazine rings is 1. The van der Waals surface area contributed by atoms with E-state index in [-0.39, 0.29) is 75.3 Å². The number of hydrogen-bond donors (Lipinski definition) is 3. The highest BCUT2D eigenvalue weighted by atomic mass is 16.8. The molecule has 1 aliphatic heterocycles. The van der Waals surface area contributed by atoms with Crippen LogP contribution in [-0.4, -0.2) is 93.7 Å². The van der Waals surface area contributed by atoms with E-state index < -0.39 is 30.0 Å². The summed E-state index contributed by atoms with van der Waals surface area (Å²) in [4.78, 5) is 76.6. The van der Waals surface area contributed by atoms with Crippen LogP contribution in [0.3, 0.4) is 0 Å². The second-order valence-corrected chi connectivity index (χ2v) is 8.72. The Labute approximate surface area is 230 Å². The van der Waals surface area contributed by atoms with Gasteiger partial charge in [-0.3, -0.25) is 19.2 Å². The van der Waals surface area contributed by atoms with Crippen LogP contribution >= 0.6 is 0 Å². The van der Waals surface area contributed by atoms with Crippen molar-refractivity contribution in [1.82, 2.24) is 25.2 Å². The number of anilines is 1. The predicted molar refractivity (Wildman–Crippen MR) is 141 cm³/mol. The summed E-state index contributed by atoms with van der Waals surface area (Å²) in [5.41, 5.74) is 0.492. The molecule has 3 rings (SSSR count). The van der Waals surface area contributed by atoms with E-state index in [0.29, 0.717) is 5.56 Å². The maximum atomic E-state index is 13.3. The van der Waals surface area contributed by atoms with E-state index in [2.05, 4.69) is 20.6 Å². The molecule has 1 saturated heterocycles. The molecule has 0 unspecified atom stereocenters. The first-order valence-corrected chi connectivity index (χ1v) is 12.9. The molecule has 3 amide bonds. The van der Waals surface area contributed by atoms with Crippen LogP contribution in [0.15, 0.2) is 36.4 Å². The van der Waals surface area contributed by atoms with E-state index in [1.165, 1.54) is 16.0 Å². The Bertz CT molecular complexity index is 1220. The number of rotatable bonds is 11. The largest absolute Gasteiger partial charge is 0.527 e. The third-order valence-corrected chi connectivity index (χ3v) is 5.85.